The normalized spacial score (nSPS) is 11.8. The van der Waals surface area contributed by atoms with Crippen molar-refractivity contribution in [2.75, 3.05) is 0 Å². The average Bonchev–Trinajstić information content (AvgIpc) is 2.46. The van der Waals surface area contributed by atoms with E-state index in [2.05, 4.69) is 0 Å². The summed E-state index contributed by atoms with van der Waals surface area (Å²) in [6.45, 7) is 1.40. The fourth-order valence-electron chi connectivity index (χ4n) is 1.84. The van der Waals surface area contributed by atoms with E-state index in [1.807, 2.05) is 36.4 Å². The second kappa shape index (κ2) is 5.48. The Morgan fingerprint density at radius 3 is 2.21 bits per heavy atom. The highest BCUT2D eigenvalue weighted by Crippen LogP contribution is 2.21. The van der Waals surface area contributed by atoms with E-state index in [-0.39, 0.29) is 5.78 Å². The van der Waals surface area contributed by atoms with Gasteiger partial charge in [-0.2, -0.15) is 0 Å². The highest BCUT2D eigenvalue weighted by Gasteiger charge is 2.22. The van der Waals surface area contributed by atoms with Gasteiger partial charge in [0.1, 0.15) is 5.92 Å². The number of hydrogen-bond acceptors (Lipinski definition) is 2. The fourth-order valence-corrected chi connectivity index (χ4v) is 1.84. The summed E-state index contributed by atoms with van der Waals surface area (Å²) in [4.78, 5) is 22.8. The molecular formula is C16H14O3. The van der Waals surface area contributed by atoms with Crippen molar-refractivity contribution in [2.45, 2.75) is 6.92 Å². The largest absolute Gasteiger partial charge is 0.481 e. The van der Waals surface area contributed by atoms with Gasteiger partial charge in [-0.3, -0.25) is 9.59 Å². The van der Waals surface area contributed by atoms with Gasteiger partial charge in [0.2, 0.25) is 0 Å². The Morgan fingerprint density at radius 2 is 1.58 bits per heavy atom. The Hall–Kier alpha value is -2.42. The third kappa shape index (κ3) is 2.88. The molecule has 0 aliphatic rings. The monoisotopic (exact) mass is 254 g/mol. The maximum Gasteiger partial charge on any atom is 0.314 e. The highest BCUT2D eigenvalue weighted by molar-refractivity contribution is 6.08. The quantitative estimate of drug-likeness (QED) is 0.673. The molecule has 96 valence electrons. The van der Waals surface area contributed by atoms with E-state index < -0.39 is 11.9 Å². The van der Waals surface area contributed by atoms with Crippen LogP contribution in [0.4, 0.5) is 0 Å². The molecular weight excluding hydrogens is 240 g/mol. The van der Waals surface area contributed by atoms with Crippen LogP contribution in [0.1, 0.15) is 17.3 Å². The Balaban J connectivity index is 2.35. The van der Waals surface area contributed by atoms with E-state index in [9.17, 15) is 9.59 Å². The van der Waals surface area contributed by atoms with Crippen molar-refractivity contribution in [1.82, 2.24) is 0 Å². The minimum absolute atomic E-state index is 0.370. The molecule has 1 atom stereocenters. The molecule has 0 amide bonds. The van der Waals surface area contributed by atoms with Crippen molar-refractivity contribution >= 4 is 11.8 Å². The first-order valence-electron chi connectivity index (χ1n) is 6.02. The third-order valence-corrected chi connectivity index (χ3v) is 3.02. The Morgan fingerprint density at radius 1 is 0.947 bits per heavy atom. The second-order valence-corrected chi connectivity index (χ2v) is 4.37. The SMILES string of the molecule is CC(C(=O)O)C(=O)c1cccc(-c2ccccc2)c1. The predicted molar refractivity (Wildman–Crippen MR) is 73.0 cm³/mol. The first-order valence-corrected chi connectivity index (χ1v) is 6.02. The summed E-state index contributed by atoms with van der Waals surface area (Å²) in [6.07, 6.45) is 0. The summed E-state index contributed by atoms with van der Waals surface area (Å²) >= 11 is 0. The molecule has 3 heteroatoms. The predicted octanol–water partition coefficient (Wildman–Crippen LogP) is 3.26. The molecule has 0 saturated heterocycles. The Labute approximate surface area is 111 Å². The number of aliphatic carboxylic acids is 1. The standard InChI is InChI=1S/C16H14O3/c1-11(16(18)19)15(17)14-9-5-8-13(10-14)12-6-3-2-4-7-12/h2-11H,1H3,(H,18,19). The van der Waals surface area contributed by atoms with Crippen LogP contribution >= 0.6 is 0 Å². The Bertz CT molecular complexity index is 602. The fraction of sp³-hybridized carbons (Fsp3) is 0.125. The van der Waals surface area contributed by atoms with Crippen LogP contribution in [-0.2, 0) is 4.79 Å². The van der Waals surface area contributed by atoms with Gasteiger partial charge in [-0.1, -0.05) is 48.5 Å². The van der Waals surface area contributed by atoms with Gasteiger partial charge in [0.15, 0.2) is 5.78 Å². The number of carboxylic acids is 1. The molecule has 2 aromatic carbocycles. The molecule has 0 spiro atoms. The van der Waals surface area contributed by atoms with Crippen LogP contribution in [0.15, 0.2) is 54.6 Å². The van der Waals surface area contributed by atoms with Gasteiger partial charge in [-0.25, -0.2) is 0 Å². The lowest BCUT2D eigenvalue weighted by atomic mass is 9.96. The molecule has 0 aliphatic carbocycles. The van der Waals surface area contributed by atoms with Crippen LogP contribution in [0.5, 0.6) is 0 Å². The minimum atomic E-state index is -1.10. The number of hydrogen-bond donors (Lipinski definition) is 1. The number of carbonyl (C=O) groups excluding carboxylic acids is 1. The number of carbonyl (C=O) groups is 2. The minimum Gasteiger partial charge on any atom is -0.481 e. The number of carboxylic acid groups (broad SMARTS) is 1. The maximum absolute atomic E-state index is 12.0. The summed E-state index contributed by atoms with van der Waals surface area (Å²) in [7, 11) is 0. The van der Waals surface area contributed by atoms with E-state index >= 15 is 0 Å². The number of benzene rings is 2. The van der Waals surface area contributed by atoms with Crippen LogP contribution in [0, 0.1) is 5.92 Å². The number of rotatable bonds is 4. The van der Waals surface area contributed by atoms with Crippen molar-refractivity contribution in [2.24, 2.45) is 5.92 Å². The molecule has 2 rings (SSSR count). The van der Waals surface area contributed by atoms with E-state index in [1.54, 1.807) is 18.2 Å². The van der Waals surface area contributed by atoms with E-state index in [0.29, 0.717) is 5.56 Å². The zero-order chi connectivity index (χ0) is 13.8. The van der Waals surface area contributed by atoms with Gasteiger partial charge in [-0.15, -0.1) is 0 Å². The first-order chi connectivity index (χ1) is 9.09. The van der Waals surface area contributed by atoms with Crippen molar-refractivity contribution in [3.8, 4) is 11.1 Å². The van der Waals surface area contributed by atoms with Gasteiger partial charge >= 0.3 is 5.97 Å². The molecule has 2 aromatic rings. The molecule has 0 heterocycles. The molecule has 1 N–H and O–H groups in total. The molecule has 0 radical (unpaired) electrons. The van der Waals surface area contributed by atoms with E-state index in [0.717, 1.165) is 11.1 Å². The van der Waals surface area contributed by atoms with Crippen molar-refractivity contribution < 1.29 is 14.7 Å². The molecule has 0 saturated carbocycles. The number of Topliss-reactive ketones (excluding diaryl/α,β-unsaturated/α-hetero) is 1. The van der Waals surface area contributed by atoms with Crippen LogP contribution < -0.4 is 0 Å². The molecule has 0 aliphatic heterocycles. The van der Waals surface area contributed by atoms with Crippen LogP contribution in [-0.4, -0.2) is 16.9 Å². The lowest BCUT2D eigenvalue weighted by molar-refractivity contribution is -0.139. The van der Waals surface area contributed by atoms with E-state index in [1.165, 1.54) is 6.92 Å². The average molecular weight is 254 g/mol. The molecule has 0 fully saturated rings. The summed E-state index contributed by atoms with van der Waals surface area (Å²) < 4.78 is 0. The Kier molecular flexibility index (Phi) is 3.76. The van der Waals surface area contributed by atoms with E-state index in [4.69, 9.17) is 5.11 Å². The summed E-state index contributed by atoms with van der Waals surface area (Å²) in [6, 6.07) is 16.7. The van der Waals surface area contributed by atoms with Gasteiger partial charge in [-0.05, 0) is 24.1 Å². The van der Waals surface area contributed by atoms with Crippen LogP contribution in [0.3, 0.4) is 0 Å². The highest BCUT2D eigenvalue weighted by atomic mass is 16.4. The lowest BCUT2D eigenvalue weighted by Crippen LogP contribution is -2.20. The molecule has 3 nitrogen and oxygen atoms in total. The second-order valence-electron chi connectivity index (χ2n) is 4.37. The van der Waals surface area contributed by atoms with Gasteiger partial charge in [0, 0.05) is 5.56 Å². The molecule has 0 bridgehead atoms. The van der Waals surface area contributed by atoms with Gasteiger partial charge < -0.3 is 5.11 Å². The van der Waals surface area contributed by atoms with Crippen molar-refractivity contribution in [3.63, 3.8) is 0 Å². The smallest absolute Gasteiger partial charge is 0.314 e. The topological polar surface area (TPSA) is 54.4 Å². The van der Waals surface area contributed by atoms with Crippen LogP contribution in [0.25, 0.3) is 11.1 Å². The summed E-state index contributed by atoms with van der Waals surface area (Å²) in [5.74, 6) is -2.49. The molecule has 19 heavy (non-hydrogen) atoms. The first kappa shape index (κ1) is 13.0. The summed E-state index contributed by atoms with van der Waals surface area (Å²) in [5, 5.41) is 8.88. The van der Waals surface area contributed by atoms with Crippen molar-refractivity contribution in [3.05, 3.63) is 60.2 Å². The zero-order valence-electron chi connectivity index (χ0n) is 10.5. The lowest BCUT2D eigenvalue weighted by Gasteiger charge is -2.07. The third-order valence-electron chi connectivity index (χ3n) is 3.02. The van der Waals surface area contributed by atoms with Crippen LogP contribution in [0.2, 0.25) is 0 Å². The molecule has 1 unspecified atom stereocenters. The van der Waals surface area contributed by atoms with Crippen molar-refractivity contribution in [1.29, 1.82) is 0 Å². The number of ketones is 1. The maximum atomic E-state index is 12.0. The summed E-state index contributed by atoms with van der Waals surface area (Å²) in [5.41, 5.74) is 2.33. The van der Waals surface area contributed by atoms with Gasteiger partial charge in [0.05, 0.1) is 0 Å². The zero-order valence-corrected chi connectivity index (χ0v) is 10.5. The molecule has 0 aromatic heterocycles. The van der Waals surface area contributed by atoms with Gasteiger partial charge in [0.25, 0.3) is 0 Å².